The van der Waals surface area contributed by atoms with Gasteiger partial charge in [0.05, 0.1) is 29.7 Å². The molecule has 3 heterocycles. The van der Waals surface area contributed by atoms with E-state index in [0.29, 0.717) is 46.2 Å². The Bertz CT molecular complexity index is 1460. The summed E-state index contributed by atoms with van der Waals surface area (Å²) in [6, 6.07) is 15.4. The first kappa shape index (κ1) is 22.2. The van der Waals surface area contributed by atoms with E-state index in [1.807, 2.05) is 23.1 Å². The summed E-state index contributed by atoms with van der Waals surface area (Å²) in [5.74, 6) is 0.183. The molecule has 8 heteroatoms. The molecule has 36 heavy (non-hydrogen) atoms. The average Bonchev–Trinajstić information content (AvgIpc) is 3.66. The molecule has 0 N–H and O–H groups in total. The number of benzene rings is 2. The van der Waals surface area contributed by atoms with Crippen LogP contribution >= 0.6 is 0 Å². The molecule has 6 rings (SSSR count). The Morgan fingerprint density at radius 2 is 1.89 bits per heavy atom. The zero-order valence-corrected chi connectivity index (χ0v) is 19.8. The number of carbonyl (C=O) groups is 2. The number of esters is 1. The maximum absolute atomic E-state index is 13.8. The molecule has 8 nitrogen and oxygen atoms in total. The second-order valence-electron chi connectivity index (χ2n) is 8.87. The first-order valence-corrected chi connectivity index (χ1v) is 12.1. The zero-order chi connectivity index (χ0) is 24.6. The van der Waals surface area contributed by atoms with Crippen LogP contribution < -0.4 is 14.5 Å². The summed E-state index contributed by atoms with van der Waals surface area (Å²) in [7, 11) is 0. The van der Waals surface area contributed by atoms with E-state index < -0.39 is 5.97 Å². The molecule has 1 saturated carbocycles. The standard InChI is InChI=1S/C28H25N3O5/c1-2-34-28(33)22-17-35-25-10-9-19(15-21(22)25)36-26-16-29-12-11-20(26)27(32)31-14-13-30(18-7-8-18)23-5-3-4-6-24(23)31/h3-6,9-12,15-18H,2,7-8,13-14H2,1H3. The maximum Gasteiger partial charge on any atom is 0.342 e. The summed E-state index contributed by atoms with van der Waals surface area (Å²) >= 11 is 0. The minimum atomic E-state index is -0.463. The summed E-state index contributed by atoms with van der Waals surface area (Å²) in [4.78, 5) is 34.5. The molecule has 1 fully saturated rings. The molecule has 0 saturated heterocycles. The van der Waals surface area contributed by atoms with Crippen molar-refractivity contribution < 1.29 is 23.5 Å². The van der Waals surface area contributed by atoms with E-state index in [-0.39, 0.29) is 12.5 Å². The smallest absolute Gasteiger partial charge is 0.342 e. The Morgan fingerprint density at radius 3 is 2.69 bits per heavy atom. The average molecular weight is 484 g/mol. The van der Waals surface area contributed by atoms with Gasteiger partial charge in [0, 0.05) is 30.7 Å². The summed E-state index contributed by atoms with van der Waals surface area (Å²) in [5.41, 5.74) is 3.27. The number of nitrogens with zero attached hydrogens (tertiary/aromatic N) is 3. The van der Waals surface area contributed by atoms with Crippen LogP contribution in [0.3, 0.4) is 0 Å². The van der Waals surface area contributed by atoms with Crippen LogP contribution in [0.2, 0.25) is 0 Å². The second-order valence-corrected chi connectivity index (χ2v) is 8.87. The van der Waals surface area contributed by atoms with E-state index in [2.05, 4.69) is 16.0 Å². The van der Waals surface area contributed by atoms with Crippen LogP contribution in [0.15, 0.2) is 71.6 Å². The number of para-hydroxylation sites is 2. The van der Waals surface area contributed by atoms with Crippen molar-refractivity contribution in [1.29, 1.82) is 0 Å². The van der Waals surface area contributed by atoms with E-state index >= 15 is 0 Å². The number of pyridine rings is 1. The van der Waals surface area contributed by atoms with Crippen molar-refractivity contribution in [1.82, 2.24) is 4.98 Å². The molecule has 1 aliphatic heterocycles. The van der Waals surface area contributed by atoms with Crippen LogP contribution in [0.5, 0.6) is 11.5 Å². The molecule has 0 atom stereocenters. The topological polar surface area (TPSA) is 85.1 Å². The van der Waals surface area contributed by atoms with Crippen molar-refractivity contribution in [3.63, 3.8) is 0 Å². The summed E-state index contributed by atoms with van der Waals surface area (Å²) in [5, 5.41) is 0.577. The van der Waals surface area contributed by atoms with Crippen molar-refractivity contribution >= 4 is 34.2 Å². The summed E-state index contributed by atoms with van der Waals surface area (Å²) < 4.78 is 16.8. The molecule has 0 spiro atoms. The minimum absolute atomic E-state index is 0.146. The number of hydrogen-bond acceptors (Lipinski definition) is 7. The Kier molecular flexibility index (Phi) is 5.56. The van der Waals surface area contributed by atoms with E-state index in [9.17, 15) is 9.59 Å². The van der Waals surface area contributed by atoms with E-state index in [1.165, 1.54) is 25.3 Å². The summed E-state index contributed by atoms with van der Waals surface area (Å²) in [6.45, 7) is 3.40. The Hall–Kier alpha value is -4.33. The second kappa shape index (κ2) is 9.03. The Labute approximate surface area is 208 Å². The van der Waals surface area contributed by atoms with Gasteiger partial charge < -0.3 is 23.7 Å². The summed E-state index contributed by atoms with van der Waals surface area (Å²) in [6.07, 6.45) is 6.90. The number of hydrogen-bond donors (Lipinski definition) is 0. The number of ether oxygens (including phenoxy) is 2. The van der Waals surface area contributed by atoms with E-state index in [1.54, 1.807) is 37.4 Å². The van der Waals surface area contributed by atoms with Crippen molar-refractivity contribution in [3.05, 3.63) is 78.3 Å². The van der Waals surface area contributed by atoms with Crippen molar-refractivity contribution in [2.45, 2.75) is 25.8 Å². The fourth-order valence-electron chi connectivity index (χ4n) is 4.71. The van der Waals surface area contributed by atoms with Crippen LogP contribution in [0.1, 0.15) is 40.5 Å². The van der Waals surface area contributed by atoms with Gasteiger partial charge in [-0.05, 0) is 56.2 Å². The molecular formula is C28H25N3O5. The van der Waals surface area contributed by atoms with Crippen LogP contribution in [0.25, 0.3) is 11.0 Å². The van der Waals surface area contributed by atoms with Crippen LogP contribution in [-0.2, 0) is 4.74 Å². The van der Waals surface area contributed by atoms with Crippen LogP contribution in [0.4, 0.5) is 11.4 Å². The van der Waals surface area contributed by atoms with Gasteiger partial charge in [-0.15, -0.1) is 0 Å². The molecule has 2 aromatic heterocycles. The predicted octanol–water partition coefficient (Wildman–Crippen LogP) is 5.43. The lowest BCUT2D eigenvalue weighted by Gasteiger charge is -2.38. The van der Waals surface area contributed by atoms with Crippen molar-refractivity contribution in [2.75, 3.05) is 29.5 Å². The zero-order valence-electron chi connectivity index (χ0n) is 19.8. The van der Waals surface area contributed by atoms with Gasteiger partial charge in [-0.1, -0.05) is 12.1 Å². The number of aromatic nitrogens is 1. The predicted molar refractivity (Wildman–Crippen MR) is 135 cm³/mol. The molecule has 4 aromatic rings. The molecule has 1 amide bonds. The van der Waals surface area contributed by atoms with Gasteiger partial charge >= 0.3 is 5.97 Å². The molecular weight excluding hydrogens is 458 g/mol. The minimum Gasteiger partial charge on any atom is -0.463 e. The normalized spacial score (nSPS) is 15.0. The molecule has 2 aromatic carbocycles. The molecule has 182 valence electrons. The van der Waals surface area contributed by atoms with Crippen LogP contribution in [-0.4, -0.2) is 42.6 Å². The van der Waals surface area contributed by atoms with Gasteiger partial charge in [-0.2, -0.15) is 0 Å². The number of amides is 1. The Balaban J connectivity index is 1.31. The molecule has 2 aliphatic rings. The fraction of sp³-hybridized carbons (Fsp3) is 0.250. The van der Waals surface area contributed by atoms with E-state index in [0.717, 1.165) is 17.9 Å². The quantitative estimate of drug-likeness (QED) is 0.338. The van der Waals surface area contributed by atoms with Gasteiger partial charge in [0.15, 0.2) is 5.75 Å². The monoisotopic (exact) mass is 483 g/mol. The number of rotatable bonds is 6. The lowest BCUT2D eigenvalue weighted by molar-refractivity contribution is 0.0527. The lowest BCUT2D eigenvalue weighted by Crippen LogP contribution is -2.45. The number of fused-ring (bicyclic) bond motifs is 2. The van der Waals surface area contributed by atoms with Gasteiger partial charge in [0.25, 0.3) is 5.91 Å². The third kappa shape index (κ3) is 3.94. The first-order valence-electron chi connectivity index (χ1n) is 12.1. The highest BCUT2D eigenvalue weighted by atomic mass is 16.5. The van der Waals surface area contributed by atoms with Gasteiger partial charge in [-0.25, -0.2) is 4.79 Å². The highest BCUT2D eigenvalue weighted by Crippen LogP contribution is 2.41. The molecule has 0 radical (unpaired) electrons. The molecule has 1 aliphatic carbocycles. The largest absolute Gasteiger partial charge is 0.463 e. The highest BCUT2D eigenvalue weighted by Gasteiger charge is 2.36. The Morgan fingerprint density at radius 1 is 1.06 bits per heavy atom. The number of anilines is 2. The molecule has 0 bridgehead atoms. The maximum atomic E-state index is 13.8. The number of carbonyl (C=O) groups excluding carboxylic acids is 2. The lowest BCUT2D eigenvalue weighted by atomic mass is 10.1. The third-order valence-electron chi connectivity index (χ3n) is 6.56. The highest BCUT2D eigenvalue weighted by molar-refractivity contribution is 6.10. The van der Waals surface area contributed by atoms with Gasteiger partial charge in [0.1, 0.15) is 23.2 Å². The van der Waals surface area contributed by atoms with Gasteiger partial charge in [0.2, 0.25) is 0 Å². The third-order valence-corrected chi connectivity index (χ3v) is 6.56. The van der Waals surface area contributed by atoms with Gasteiger partial charge in [-0.3, -0.25) is 9.78 Å². The van der Waals surface area contributed by atoms with Crippen molar-refractivity contribution in [3.8, 4) is 11.5 Å². The van der Waals surface area contributed by atoms with Crippen molar-refractivity contribution in [2.24, 2.45) is 0 Å². The fourth-order valence-corrected chi connectivity index (χ4v) is 4.71. The molecule has 0 unspecified atom stereocenters. The number of furan rings is 1. The first-order chi connectivity index (χ1) is 17.6. The van der Waals surface area contributed by atoms with Crippen LogP contribution in [0, 0.1) is 0 Å². The van der Waals surface area contributed by atoms with E-state index in [4.69, 9.17) is 13.9 Å². The SMILES string of the molecule is CCOC(=O)c1coc2ccc(Oc3cnccc3C(=O)N3CCN(C4CC4)c4ccccc43)cc12.